The Labute approximate surface area is 193 Å². The molecular weight excluding hydrogens is 444 g/mol. The zero-order valence-electron chi connectivity index (χ0n) is 16.9. The van der Waals surface area contributed by atoms with Crippen LogP contribution in [0.25, 0.3) is 0 Å². The second-order valence-corrected chi connectivity index (χ2v) is 8.49. The fourth-order valence-corrected chi connectivity index (χ4v) is 4.57. The van der Waals surface area contributed by atoms with Gasteiger partial charge in [0.2, 0.25) is 0 Å². The van der Waals surface area contributed by atoms with Gasteiger partial charge in [0.1, 0.15) is 18.1 Å². The van der Waals surface area contributed by atoms with Gasteiger partial charge in [-0.05, 0) is 58.8 Å². The quantitative estimate of drug-likeness (QED) is 0.274. The van der Waals surface area contributed by atoms with Crippen molar-refractivity contribution in [1.29, 1.82) is 0 Å². The van der Waals surface area contributed by atoms with Crippen molar-refractivity contribution in [2.75, 3.05) is 0 Å². The van der Waals surface area contributed by atoms with E-state index in [0.717, 1.165) is 10.6 Å². The van der Waals surface area contributed by atoms with Crippen molar-refractivity contribution in [1.82, 2.24) is 10.9 Å². The van der Waals surface area contributed by atoms with Crippen molar-refractivity contribution in [2.24, 2.45) is 0 Å². The van der Waals surface area contributed by atoms with Crippen LogP contribution in [-0.4, -0.2) is 11.8 Å². The van der Waals surface area contributed by atoms with Crippen molar-refractivity contribution >= 4 is 34.9 Å². The minimum atomic E-state index is -0.548. The van der Waals surface area contributed by atoms with Crippen molar-refractivity contribution < 1.29 is 18.7 Å². The Balaban J connectivity index is 1.30. The molecule has 0 saturated carbocycles. The van der Waals surface area contributed by atoms with Gasteiger partial charge in [-0.3, -0.25) is 20.4 Å². The van der Waals surface area contributed by atoms with Gasteiger partial charge >= 0.3 is 5.91 Å². The second-order valence-electron chi connectivity index (χ2n) is 6.69. The number of hydrogen-bond donors (Lipinski definition) is 2. The molecule has 0 aliphatic heterocycles. The number of ether oxygens (including phenoxy) is 1. The zero-order valence-corrected chi connectivity index (χ0v) is 18.6. The van der Waals surface area contributed by atoms with Crippen molar-refractivity contribution in [3.8, 4) is 5.75 Å². The lowest BCUT2D eigenvalue weighted by molar-refractivity contribution is 0.0827. The highest BCUT2D eigenvalue weighted by Crippen LogP contribution is 2.27. The SMILES string of the molecule is O=C(NNC(=O)c1ccccc1SCc1ccsc1)c1ccc(COc2ccccc2)o1. The summed E-state index contributed by atoms with van der Waals surface area (Å²) in [5.41, 5.74) is 6.55. The summed E-state index contributed by atoms with van der Waals surface area (Å²) < 4.78 is 11.1. The molecule has 0 radical (unpaired) electrons. The van der Waals surface area contributed by atoms with E-state index in [1.54, 1.807) is 41.3 Å². The Kier molecular flexibility index (Phi) is 7.27. The van der Waals surface area contributed by atoms with E-state index in [-0.39, 0.29) is 12.4 Å². The molecule has 2 amide bonds. The smallest absolute Gasteiger partial charge is 0.305 e. The molecule has 162 valence electrons. The van der Waals surface area contributed by atoms with E-state index in [1.165, 1.54) is 11.6 Å². The summed E-state index contributed by atoms with van der Waals surface area (Å²) >= 11 is 3.21. The van der Waals surface area contributed by atoms with Gasteiger partial charge in [0.15, 0.2) is 5.76 Å². The fraction of sp³-hybridized carbons (Fsp3) is 0.0833. The van der Waals surface area contributed by atoms with E-state index >= 15 is 0 Å². The first-order valence-electron chi connectivity index (χ1n) is 9.79. The number of hydrogen-bond acceptors (Lipinski definition) is 6. The van der Waals surface area contributed by atoms with E-state index in [2.05, 4.69) is 22.3 Å². The Morgan fingerprint density at radius 2 is 1.69 bits per heavy atom. The highest BCUT2D eigenvalue weighted by molar-refractivity contribution is 7.98. The van der Waals surface area contributed by atoms with Gasteiger partial charge in [-0.15, -0.1) is 11.8 Å². The van der Waals surface area contributed by atoms with E-state index in [1.807, 2.05) is 47.8 Å². The molecule has 32 heavy (non-hydrogen) atoms. The molecule has 0 atom stereocenters. The summed E-state index contributed by atoms with van der Waals surface area (Å²) in [6, 6.07) is 21.9. The molecule has 4 rings (SSSR count). The van der Waals surface area contributed by atoms with E-state index in [0.29, 0.717) is 17.1 Å². The molecule has 0 bridgehead atoms. The lowest BCUT2D eigenvalue weighted by Gasteiger charge is -2.10. The maximum atomic E-state index is 12.6. The first-order chi connectivity index (χ1) is 15.7. The van der Waals surface area contributed by atoms with Gasteiger partial charge in [-0.1, -0.05) is 30.3 Å². The summed E-state index contributed by atoms with van der Waals surface area (Å²) in [6.07, 6.45) is 0. The average molecular weight is 465 g/mol. The maximum Gasteiger partial charge on any atom is 0.305 e. The normalized spacial score (nSPS) is 10.5. The molecule has 0 unspecified atom stereocenters. The Morgan fingerprint density at radius 1 is 0.906 bits per heavy atom. The van der Waals surface area contributed by atoms with E-state index in [9.17, 15) is 9.59 Å². The van der Waals surface area contributed by atoms with E-state index in [4.69, 9.17) is 9.15 Å². The molecule has 0 aliphatic rings. The van der Waals surface area contributed by atoms with E-state index < -0.39 is 11.8 Å². The number of hydrazine groups is 1. The Bertz CT molecular complexity index is 1170. The molecule has 2 aromatic carbocycles. The lowest BCUT2D eigenvalue weighted by atomic mass is 10.2. The predicted molar refractivity (Wildman–Crippen MR) is 125 cm³/mol. The van der Waals surface area contributed by atoms with Crippen LogP contribution in [0.15, 0.2) is 92.9 Å². The van der Waals surface area contributed by atoms with Gasteiger partial charge in [0.05, 0.1) is 5.56 Å². The van der Waals surface area contributed by atoms with Crippen molar-refractivity contribution in [3.05, 3.63) is 106 Å². The predicted octanol–water partition coefficient (Wildman–Crippen LogP) is 5.29. The van der Waals surface area contributed by atoms with Gasteiger partial charge in [0, 0.05) is 10.6 Å². The number of carbonyl (C=O) groups is 2. The molecule has 8 heteroatoms. The highest BCUT2D eigenvalue weighted by atomic mass is 32.2. The van der Waals surface area contributed by atoms with Crippen molar-refractivity contribution in [2.45, 2.75) is 17.3 Å². The summed E-state index contributed by atoms with van der Waals surface area (Å²) in [7, 11) is 0. The third-order valence-electron chi connectivity index (χ3n) is 4.41. The molecule has 4 aromatic rings. The minimum Gasteiger partial charge on any atom is -0.486 e. The second kappa shape index (κ2) is 10.7. The van der Waals surface area contributed by atoms with Gasteiger partial charge < -0.3 is 9.15 Å². The molecule has 0 spiro atoms. The molecule has 2 heterocycles. The number of furan rings is 1. The van der Waals surface area contributed by atoms with Crippen LogP contribution in [0.5, 0.6) is 5.75 Å². The molecule has 0 fully saturated rings. The third-order valence-corrected chi connectivity index (χ3v) is 6.28. The van der Waals surface area contributed by atoms with Crippen LogP contribution in [0, 0.1) is 0 Å². The standard InChI is InChI=1S/C24H20N2O4S2/c27-23(20-8-4-5-9-22(20)32-16-17-12-13-31-15-17)25-26-24(28)21-11-10-19(30-21)14-29-18-6-2-1-3-7-18/h1-13,15H,14,16H2,(H,25,27)(H,26,28). The number of rotatable bonds is 8. The average Bonchev–Trinajstić information content (AvgIpc) is 3.53. The van der Waals surface area contributed by atoms with Crippen LogP contribution in [0.3, 0.4) is 0 Å². The molecular formula is C24H20N2O4S2. The number of thiophene rings is 1. The topological polar surface area (TPSA) is 80.6 Å². The molecule has 2 N–H and O–H groups in total. The molecule has 0 aliphatic carbocycles. The maximum absolute atomic E-state index is 12.6. The summed E-state index contributed by atoms with van der Waals surface area (Å²) in [5, 5.41) is 4.11. The van der Waals surface area contributed by atoms with Gasteiger partial charge in [0.25, 0.3) is 5.91 Å². The Hall–Kier alpha value is -3.49. The molecule has 6 nitrogen and oxygen atoms in total. The number of carbonyl (C=O) groups excluding carboxylic acids is 2. The van der Waals surface area contributed by atoms with Crippen LogP contribution in [0.4, 0.5) is 0 Å². The van der Waals surface area contributed by atoms with Crippen LogP contribution in [0.1, 0.15) is 32.2 Å². The van der Waals surface area contributed by atoms with Crippen LogP contribution in [0.2, 0.25) is 0 Å². The number of para-hydroxylation sites is 1. The largest absolute Gasteiger partial charge is 0.486 e. The summed E-state index contributed by atoms with van der Waals surface area (Å²) in [6.45, 7) is 0.193. The minimum absolute atomic E-state index is 0.0806. The third kappa shape index (κ3) is 5.81. The van der Waals surface area contributed by atoms with Gasteiger partial charge in [-0.2, -0.15) is 11.3 Å². The number of amides is 2. The number of thioether (sulfide) groups is 1. The fourth-order valence-electron chi connectivity index (χ4n) is 2.81. The Morgan fingerprint density at radius 3 is 2.50 bits per heavy atom. The first kappa shape index (κ1) is 21.7. The van der Waals surface area contributed by atoms with Crippen LogP contribution in [-0.2, 0) is 12.4 Å². The molecule has 0 saturated heterocycles. The number of nitrogens with one attached hydrogen (secondary N) is 2. The highest BCUT2D eigenvalue weighted by Gasteiger charge is 2.15. The van der Waals surface area contributed by atoms with Crippen LogP contribution < -0.4 is 15.6 Å². The molecule has 2 aromatic heterocycles. The monoisotopic (exact) mass is 464 g/mol. The summed E-state index contributed by atoms with van der Waals surface area (Å²) in [4.78, 5) is 25.8. The lowest BCUT2D eigenvalue weighted by Crippen LogP contribution is -2.41. The first-order valence-corrected chi connectivity index (χ1v) is 11.7. The zero-order chi connectivity index (χ0) is 22.2. The van der Waals surface area contributed by atoms with Crippen LogP contribution >= 0.6 is 23.1 Å². The summed E-state index contributed by atoms with van der Waals surface area (Å²) in [5.74, 6) is 1.11. The van der Waals surface area contributed by atoms with Gasteiger partial charge in [-0.25, -0.2) is 0 Å². The van der Waals surface area contributed by atoms with Crippen molar-refractivity contribution in [3.63, 3.8) is 0 Å². The number of benzene rings is 2.